The van der Waals surface area contributed by atoms with Crippen molar-refractivity contribution in [3.63, 3.8) is 0 Å². The number of rotatable bonds is 2. The van der Waals surface area contributed by atoms with E-state index in [1.165, 1.54) is 5.56 Å². The average molecular weight is 327 g/mol. The van der Waals surface area contributed by atoms with Crippen molar-refractivity contribution in [1.82, 2.24) is 15.0 Å². The van der Waals surface area contributed by atoms with Crippen molar-refractivity contribution in [3.05, 3.63) is 72.5 Å². The van der Waals surface area contributed by atoms with Crippen LogP contribution in [0.4, 0.5) is 0 Å². The van der Waals surface area contributed by atoms with Crippen LogP contribution in [0.1, 0.15) is 5.56 Å². The van der Waals surface area contributed by atoms with Gasteiger partial charge in [-0.3, -0.25) is 0 Å². The Morgan fingerprint density at radius 2 is 1.64 bits per heavy atom. The fraction of sp³-hybridized carbons (Fsp3) is 0.0500. The number of aromatic amines is 1. The number of aryl methyl sites for hydroxylation is 1. The third-order valence-electron chi connectivity index (χ3n) is 4.27. The first-order valence-electron chi connectivity index (χ1n) is 8.11. The van der Waals surface area contributed by atoms with Gasteiger partial charge in [0, 0.05) is 0 Å². The second-order valence-corrected chi connectivity index (χ2v) is 6.01. The molecule has 5 heteroatoms. The highest BCUT2D eigenvalue weighted by atomic mass is 16.3. The maximum Gasteiger partial charge on any atom is 0.328 e. The van der Waals surface area contributed by atoms with Crippen molar-refractivity contribution in [3.8, 4) is 17.3 Å². The lowest BCUT2D eigenvalue weighted by atomic mass is 10.2. The molecule has 0 aliphatic carbocycles. The summed E-state index contributed by atoms with van der Waals surface area (Å²) in [6.45, 7) is 2.07. The standard InChI is InChI=1S/C20H14N4O/c1-13-8-10-14(11-9-13)24-19(17-7-4-12-25-17)23-18-20(24)22-16-6-3-2-5-15(16)21-18/h2-12H,1H3/p+1. The van der Waals surface area contributed by atoms with Gasteiger partial charge in [0.25, 0.3) is 11.5 Å². The van der Waals surface area contributed by atoms with Gasteiger partial charge in [0.2, 0.25) is 0 Å². The number of aromatic nitrogens is 4. The van der Waals surface area contributed by atoms with Crippen molar-refractivity contribution in [2.24, 2.45) is 0 Å². The van der Waals surface area contributed by atoms with Gasteiger partial charge in [-0.05, 0) is 43.3 Å². The minimum absolute atomic E-state index is 0.727. The Morgan fingerprint density at radius 1 is 0.880 bits per heavy atom. The fourth-order valence-corrected chi connectivity index (χ4v) is 3.03. The number of hydrogen-bond acceptors (Lipinski definition) is 3. The lowest BCUT2D eigenvalue weighted by molar-refractivity contribution is -0.557. The van der Waals surface area contributed by atoms with Gasteiger partial charge in [0.15, 0.2) is 11.3 Å². The Morgan fingerprint density at radius 3 is 2.36 bits per heavy atom. The Labute approximate surface area is 143 Å². The highest BCUT2D eigenvalue weighted by molar-refractivity contribution is 5.82. The Hall–Kier alpha value is -3.47. The lowest BCUT2D eigenvalue weighted by Gasteiger charge is -2.02. The molecule has 120 valence electrons. The zero-order valence-electron chi connectivity index (χ0n) is 13.6. The summed E-state index contributed by atoms with van der Waals surface area (Å²) in [4.78, 5) is 12.9. The summed E-state index contributed by atoms with van der Waals surface area (Å²) in [5.41, 5.74) is 5.44. The van der Waals surface area contributed by atoms with Gasteiger partial charge < -0.3 is 4.42 Å². The molecule has 0 radical (unpaired) electrons. The predicted octanol–water partition coefficient (Wildman–Crippen LogP) is 3.96. The monoisotopic (exact) mass is 327 g/mol. The summed E-state index contributed by atoms with van der Waals surface area (Å²) < 4.78 is 7.67. The maximum absolute atomic E-state index is 5.62. The number of benzene rings is 2. The molecule has 0 saturated heterocycles. The van der Waals surface area contributed by atoms with Crippen LogP contribution >= 0.6 is 0 Å². The molecular weight excluding hydrogens is 312 g/mol. The molecule has 5 nitrogen and oxygen atoms in total. The van der Waals surface area contributed by atoms with E-state index in [0.29, 0.717) is 0 Å². The number of nitrogens with one attached hydrogen (secondary N) is 1. The fourth-order valence-electron chi connectivity index (χ4n) is 3.03. The van der Waals surface area contributed by atoms with Crippen LogP contribution < -0.4 is 4.57 Å². The van der Waals surface area contributed by atoms with Crippen LogP contribution in [0.5, 0.6) is 0 Å². The van der Waals surface area contributed by atoms with E-state index in [1.54, 1.807) is 6.26 Å². The number of nitrogens with zero attached hydrogens (tertiary/aromatic N) is 3. The summed E-state index contributed by atoms with van der Waals surface area (Å²) in [6.07, 6.45) is 1.66. The molecule has 25 heavy (non-hydrogen) atoms. The highest BCUT2D eigenvalue weighted by Gasteiger charge is 2.25. The van der Waals surface area contributed by atoms with Crippen LogP contribution in [-0.2, 0) is 0 Å². The lowest BCUT2D eigenvalue weighted by Crippen LogP contribution is -2.32. The zero-order valence-corrected chi connectivity index (χ0v) is 13.6. The van der Waals surface area contributed by atoms with Crippen molar-refractivity contribution in [1.29, 1.82) is 0 Å². The minimum atomic E-state index is 0.727. The zero-order chi connectivity index (χ0) is 16.8. The van der Waals surface area contributed by atoms with E-state index in [-0.39, 0.29) is 0 Å². The molecule has 5 rings (SSSR count). The van der Waals surface area contributed by atoms with Gasteiger partial charge in [0.05, 0.1) is 6.26 Å². The molecule has 5 aromatic rings. The Bertz CT molecular complexity index is 1190. The van der Waals surface area contributed by atoms with Gasteiger partial charge in [-0.15, -0.1) is 0 Å². The molecule has 0 unspecified atom stereocenters. The molecule has 0 amide bonds. The van der Waals surface area contributed by atoms with Gasteiger partial charge in [-0.2, -0.15) is 4.57 Å². The molecule has 1 N–H and O–H groups in total. The second-order valence-electron chi connectivity index (χ2n) is 6.01. The topological polar surface area (TPSA) is 58.6 Å². The predicted molar refractivity (Wildman–Crippen MR) is 95.4 cm³/mol. The molecule has 3 heterocycles. The highest BCUT2D eigenvalue weighted by Crippen LogP contribution is 2.22. The van der Waals surface area contributed by atoms with Crippen LogP contribution in [0.3, 0.4) is 0 Å². The largest absolute Gasteiger partial charge is 0.458 e. The summed E-state index contributed by atoms with van der Waals surface area (Å²) in [5.74, 6) is 1.56. The first-order valence-corrected chi connectivity index (χ1v) is 8.11. The van der Waals surface area contributed by atoms with E-state index in [4.69, 9.17) is 14.4 Å². The Balaban J connectivity index is 1.89. The first kappa shape index (κ1) is 13.9. The van der Waals surface area contributed by atoms with E-state index in [1.807, 2.05) is 41.0 Å². The van der Waals surface area contributed by atoms with Crippen molar-refractivity contribution in [2.45, 2.75) is 6.92 Å². The molecule has 0 aliphatic heterocycles. The number of H-pyrrole nitrogens is 1. The van der Waals surface area contributed by atoms with Crippen LogP contribution in [-0.4, -0.2) is 15.0 Å². The molecule has 2 aromatic carbocycles. The van der Waals surface area contributed by atoms with E-state index < -0.39 is 0 Å². The smallest absolute Gasteiger partial charge is 0.328 e. The van der Waals surface area contributed by atoms with E-state index >= 15 is 0 Å². The molecule has 0 bridgehead atoms. The van der Waals surface area contributed by atoms with Crippen LogP contribution in [0.25, 0.3) is 39.6 Å². The SMILES string of the molecule is Cc1ccc(-[n+]2c(-c3ccco3)[nH]c3nc4ccccc4nc32)cc1. The van der Waals surface area contributed by atoms with Gasteiger partial charge in [0.1, 0.15) is 11.2 Å². The molecule has 3 aromatic heterocycles. The number of imidazole rings is 1. The van der Waals surface area contributed by atoms with E-state index in [9.17, 15) is 0 Å². The normalized spacial score (nSPS) is 11.4. The quantitative estimate of drug-likeness (QED) is 0.499. The molecule has 0 saturated carbocycles. The molecular formula is C20H15N4O+. The first-order chi connectivity index (χ1) is 12.3. The summed E-state index contributed by atoms with van der Waals surface area (Å²) in [6, 6.07) is 20.0. The van der Waals surface area contributed by atoms with Crippen LogP contribution in [0, 0.1) is 6.92 Å². The molecule has 0 atom stereocenters. The van der Waals surface area contributed by atoms with Gasteiger partial charge in [-0.25, -0.2) is 9.97 Å². The third kappa shape index (κ3) is 2.21. The number of furan rings is 1. The maximum atomic E-state index is 5.62. The molecule has 0 spiro atoms. The average Bonchev–Trinajstić information content (AvgIpc) is 3.28. The minimum Gasteiger partial charge on any atom is -0.458 e. The summed E-state index contributed by atoms with van der Waals surface area (Å²) in [7, 11) is 0. The van der Waals surface area contributed by atoms with Crippen LogP contribution in [0.15, 0.2) is 71.3 Å². The second kappa shape index (κ2) is 5.27. The van der Waals surface area contributed by atoms with E-state index in [0.717, 1.165) is 39.6 Å². The number of hydrogen-bond donors (Lipinski definition) is 1. The molecule has 0 fully saturated rings. The summed E-state index contributed by atoms with van der Waals surface area (Å²) in [5, 5.41) is 0. The van der Waals surface area contributed by atoms with Crippen molar-refractivity contribution < 1.29 is 8.98 Å². The number of fused-ring (bicyclic) bond motifs is 2. The van der Waals surface area contributed by atoms with E-state index in [2.05, 4.69) is 36.2 Å². The Kier molecular flexibility index (Phi) is 2.94. The summed E-state index contributed by atoms with van der Waals surface area (Å²) >= 11 is 0. The van der Waals surface area contributed by atoms with Crippen molar-refractivity contribution in [2.75, 3.05) is 0 Å². The molecule has 0 aliphatic rings. The van der Waals surface area contributed by atoms with Crippen molar-refractivity contribution >= 4 is 22.3 Å². The van der Waals surface area contributed by atoms with Crippen LogP contribution in [0.2, 0.25) is 0 Å². The third-order valence-corrected chi connectivity index (χ3v) is 4.27. The van der Waals surface area contributed by atoms with Gasteiger partial charge >= 0.3 is 5.65 Å². The number of para-hydroxylation sites is 2. The van der Waals surface area contributed by atoms with Gasteiger partial charge in [-0.1, -0.05) is 34.8 Å².